The molecule has 8 nitrogen and oxygen atoms in total. The lowest BCUT2D eigenvalue weighted by Crippen LogP contribution is -3.11. The molecule has 8 heteroatoms. The Morgan fingerprint density at radius 3 is 2.70 bits per heavy atom. The third-order valence-electron chi connectivity index (χ3n) is 5.84. The van der Waals surface area contributed by atoms with Crippen LogP contribution in [0, 0.1) is 0 Å². The number of nitrogens with one attached hydrogen (secondary N) is 3. The lowest BCUT2D eigenvalue weighted by atomic mass is 10.2. The van der Waals surface area contributed by atoms with Crippen LogP contribution in [0.4, 0.5) is 10.5 Å². The highest BCUT2D eigenvalue weighted by Crippen LogP contribution is 2.35. The molecule has 3 rings (SSSR count). The highest BCUT2D eigenvalue weighted by atomic mass is 16.6. The first-order chi connectivity index (χ1) is 14.5. The fourth-order valence-electron chi connectivity index (χ4n) is 4.04. The van der Waals surface area contributed by atoms with Crippen molar-refractivity contribution in [1.82, 2.24) is 10.6 Å². The zero-order chi connectivity index (χ0) is 21.5. The standard InChI is InChI=1S/C22H34N4O4/c1-4-25(5-2)10-6-7-16(3)23-22(28)24-17-13-21(27)26(15-17)18-8-9-19-20(14-18)30-12-11-29-19/h8-9,14,16-17H,4-7,10-13,15H2,1-3H3,(H2,23,24,28)/p+1/t16-,17+/m0/s1. The van der Waals surface area contributed by atoms with Crippen LogP contribution in [0.1, 0.15) is 40.0 Å². The van der Waals surface area contributed by atoms with Gasteiger partial charge in [-0.05, 0) is 45.7 Å². The van der Waals surface area contributed by atoms with Crippen LogP contribution in [-0.4, -0.2) is 63.4 Å². The van der Waals surface area contributed by atoms with Gasteiger partial charge in [-0.3, -0.25) is 4.79 Å². The fraction of sp³-hybridized carbons (Fsp3) is 0.636. The number of urea groups is 1. The van der Waals surface area contributed by atoms with Crippen LogP contribution in [0.3, 0.4) is 0 Å². The van der Waals surface area contributed by atoms with Crippen LogP contribution >= 0.6 is 0 Å². The number of amides is 3. The van der Waals surface area contributed by atoms with Crippen molar-refractivity contribution in [2.24, 2.45) is 0 Å². The maximum absolute atomic E-state index is 12.5. The molecule has 30 heavy (non-hydrogen) atoms. The number of carbonyl (C=O) groups excluding carboxylic acids is 2. The van der Waals surface area contributed by atoms with Gasteiger partial charge in [0.05, 0.1) is 25.7 Å². The zero-order valence-electron chi connectivity index (χ0n) is 18.3. The summed E-state index contributed by atoms with van der Waals surface area (Å²) in [5, 5.41) is 5.95. The second kappa shape index (κ2) is 10.5. The Hall–Kier alpha value is -2.48. The monoisotopic (exact) mass is 419 g/mol. The molecule has 0 radical (unpaired) electrons. The van der Waals surface area contributed by atoms with Gasteiger partial charge in [-0.15, -0.1) is 0 Å². The molecule has 3 N–H and O–H groups in total. The number of nitrogens with zero attached hydrogens (tertiary/aromatic N) is 1. The predicted molar refractivity (Wildman–Crippen MR) is 115 cm³/mol. The Bertz CT molecular complexity index is 738. The van der Waals surface area contributed by atoms with Crippen LogP contribution in [0.25, 0.3) is 0 Å². The van der Waals surface area contributed by atoms with Crippen molar-refractivity contribution in [3.05, 3.63) is 18.2 Å². The van der Waals surface area contributed by atoms with Crippen LogP contribution in [-0.2, 0) is 4.79 Å². The second-order valence-electron chi connectivity index (χ2n) is 8.10. The van der Waals surface area contributed by atoms with Gasteiger partial charge in [0.2, 0.25) is 5.91 Å². The predicted octanol–water partition coefficient (Wildman–Crippen LogP) is 0.956. The molecular weight excluding hydrogens is 384 g/mol. The molecule has 1 aromatic carbocycles. The SMILES string of the molecule is CC[NH+](CC)CCC[C@H](C)NC(=O)N[C@@H]1CC(=O)N(c2ccc3c(c2)OCCO3)C1. The van der Waals surface area contributed by atoms with E-state index in [1.54, 1.807) is 9.80 Å². The molecule has 0 saturated carbocycles. The quantitative estimate of drug-likeness (QED) is 0.557. The fourth-order valence-corrected chi connectivity index (χ4v) is 4.04. The van der Waals surface area contributed by atoms with Crippen molar-refractivity contribution in [3.8, 4) is 11.5 Å². The lowest BCUT2D eigenvalue weighted by Gasteiger charge is -2.22. The van der Waals surface area contributed by atoms with Gasteiger partial charge in [-0.2, -0.15) is 0 Å². The molecule has 0 aromatic heterocycles. The summed E-state index contributed by atoms with van der Waals surface area (Å²) in [5.74, 6) is 1.34. The summed E-state index contributed by atoms with van der Waals surface area (Å²) in [5.41, 5.74) is 0.765. The maximum Gasteiger partial charge on any atom is 0.315 e. The molecule has 1 saturated heterocycles. The van der Waals surface area contributed by atoms with Crippen molar-refractivity contribution in [2.75, 3.05) is 44.3 Å². The number of quaternary nitrogens is 1. The van der Waals surface area contributed by atoms with E-state index >= 15 is 0 Å². The first-order valence-electron chi connectivity index (χ1n) is 11.1. The average Bonchev–Trinajstić information content (AvgIpc) is 3.10. The topological polar surface area (TPSA) is 84.3 Å². The first kappa shape index (κ1) is 22.2. The van der Waals surface area contributed by atoms with Gasteiger partial charge in [-0.25, -0.2) is 4.79 Å². The van der Waals surface area contributed by atoms with Gasteiger partial charge in [0, 0.05) is 30.8 Å². The highest BCUT2D eigenvalue weighted by molar-refractivity contribution is 5.97. The molecule has 0 spiro atoms. The first-order valence-corrected chi connectivity index (χ1v) is 11.1. The van der Waals surface area contributed by atoms with Crippen LogP contribution < -0.4 is 29.9 Å². The molecule has 2 aliphatic rings. The van der Waals surface area contributed by atoms with E-state index in [9.17, 15) is 9.59 Å². The van der Waals surface area contributed by atoms with E-state index in [0.29, 0.717) is 37.7 Å². The number of fused-ring (bicyclic) bond motifs is 1. The number of ether oxygens (including phenoxy) is 2. The second-order valence-corrected chi connectivity index (χ2v) is 8.10. The van der Waals surface area contributed by atoms with Gasteiger partial charge in [0.25, 0.3) is 0 Å². The summed E-state index contributed by atoms with van der Waals surface area (Å²) in [6, 6.07) is 5.19. The Balaban J connectivity index is 1.45. The molecule has 2 heterocycles. The Morgan fingerprint density at radius 1 is 1.23 bits per heavy atom. The molecule has 3 amide bonds. The Kier molecular flexibility index (Phi) is 7.79. The zero-order valence-corrected chi connectivity index (χ0v) is 18.3. The summed E-state index contributed by atoms with van der Waals surface area (Å²) in [4.78, 5) is 28.1. The van der Waals surface area contributed by atoms with E-state index in [-0.39, 0.29) is 24.0 Å². The molecule has 0 bridgehead atoms. The number of carbonyl (C=O) groups is 2. The third kappa shape index (κ3) is 5.78. The van der Waals surface area contributed by atoms with Crippen molar-refractivity contribution in [1.29, 1.82) is 0 Å². The normalized spacial score (nSPS) is 19.1. The highest BCUT2D eigenvalue weighted by Gasteiger charge is 2.32. The minimum atomic E-state index is -0.210. The van der Waals surface area contributed by atoms with E-state index in [1.165, 1.54) is 0 Å². The Morgan fingerprint density at radius 2 is 1.97 bits per heavy atom. The third-order valence-corrected chi connectivity index (χ3v) is 5.84. The molecule has 2 aliphatic heterocycles. The molecule has 2 atom stereocenters. The number of rotatable bonds is 9. The molecule has 1 aromatic rings. The lowest BCUT2D eigenvalue weighted by molar-refractivity contribution is -0.896. The van der Waals surface area contributed by atoms with Crippen LogP contribution in [0.2, 0.25) is 0 Å². The van der Waals surface area contributed by atoms with Gasteiger partial charge in [-0.1, -0.05) is 0 Å². The minimum Gasteiger partial charge on any atom is -0.486 e. The molecule has 0 unspecified atom stereocenters. The van der Waals surface area contributed by atoms with Crippen molar-refractivity contribution in [3.63, 3.8) is 0 Å². The van der Waals surface area contributed by atoms with E-state index in [0.717, 1.165) is 38.2 Å². The van der Waals surface area contributed by atoms with E-state index < -0.39 is 0 Å². The number of anilines is 1. The average molecular weight is 420 g/mol. The van der Waals surface area contributed by atoms with Crippen LogP contribution in [0.5, 0.6) is 11.5 Å². The summed E-state index contributed by atoms with van der Waals surface area (Å²) in [7, 11) is 0. The van der Waals surface area contributed by atoms with Crippen LogP contribution in [0.15, 0.2) is 18.2 Å². The molecule has 0 aliphatic carbocycles. The number of hydrogen-bond donors (Lipinski definition) is 3. The molecular formula is C22H35N4O4+. The van der Waals surface area contributed by atoms with Gasteiger partial charge < -0.3 is 29.9 Å². The van der Waals surface area contributed by atoms with Crippen molar-refractivity contribution >= 4 is 17.6 Å². The van der Waals surface area contributed by atoms with E-state index in [2.05, 4.69) is 24.5 Å². The smallest absolute Gasteiger partial charge is 0.315 e. The molecule has 166 valence electrons. The van der Waals surface area contributed by atoms with Crippen molar-refractivity contribution in [2.45, 2.75) is 52.1 Å². The number of hydrogen-bond acceptors (Lipinski definition) is 4. The van der Waals surface area contributed by atoms with E-state index in [4.69, 9.17) is 9.47 Å². The summed E-state index contributed by atoms with van der Waals surface area (Å²) >= 11 is 0. The summed E-state index contributed by atoms with van der Waals surface area (Å²) < 4.78 is 11.1. The Labute approximate surface area is 178 Å². The molecule has 1 fully saturated rings. The summed E-state index contributed by atoms with van der Waals surface area (Å²) in [6.45, 7) is 11.3. The van der Waals surface area contributed by atoms with Gasteiger partial charge in [0.1, 0.15) is 13.2 Å². The largest absolute Gasteiger partial charge is 0.486 e. The van der Waals surface area contributed by atoms with Gasteiger partial charge in [0.15, 0.2) is 11.5 Å². The minimum absolute atomic E-state index is 0.00720. The number of benzene rings is 1. The van der Waals surface area contributed by atoms with Crippen molar-refractivity contribution < 1.29 is 24.0 Å². The maximum atomic E-state index is 12.5. The van der Waals surface area contributed by atoms with E-state index in [1.807, 2.05) is 25.1 Å². The summed E-state index contributed by atoms with van der Waals surface area (Å²) in [6.07, 6.45) is 2.32. The van der Waals surface area contributed by atoms with Gasteiger partial charge >= 0.3 is 6.03 Å².